The van der Waals surface area contributed by atoms with E-state index < -0.39 is 0 Å². The number of nitrogens with zero attached hydrogens (tertiary/aromatic N) is 1. The van der Waals surface area contributed by atoms with E-state index in [1.165, 1.54) is 6.42 Å². The first-order chi connectivity index (χ1) is 8.83. The average molecular weight is 262 g/mol. The van der Waals surface area contributed by atoms with Crippen LogP contribution >= 0.6 is 0 Å². The van der Waals surface area contributed by atoms with Gasteiger partial charge in [0.2, 0.25) is 0 Å². The highest BCUT2D eigenvalue weighted by molar-refractivity contribution is 5.21. The molecule has 1 aliphatic carbocycles. The topological polar surface area (TPSA) is 45.8 Å². The van der Waals surface area contributed by atoms with Crippen LogP contribution in [0.3, 0.4) is 0 Å². The molecule has 2 atom stereocenters. The van der Waals surface area contributed by atoms with Gasteiger partial charge >= 0.3 is 0 Å². The molecule has 0 saturated heterocycles. The number of hydrogen-bond donors (Lipinski definition) is 1. The molecular weight excluding hydrogens is 236 g/mol. The highest BCUT2D eigenvalue weighted by atomic mass is 16.1. The van der Waals surface area contributed by atoms with E-state index in [0.29, 0.717) is 11.8 Å². The fourth-order valence-corrected chi connectivity index (χ4v) is 3.40. The summed E-state index contributed by atoms with van der Waals surface area (Å²) in [6, 6.07) is 0. The Morgan fingerprint density at radius 2 is 2.00 bits per heavy atom. The summed E-state index contributed by atoms with van der Waals surface area (Å²) in [5.41, 5.74) is 2.24. The molecule has 0 bridgehead atoms. The lowest BCUT2D eigenvalue weighted by Crippen LogP contribution is -2.33. The number of rotatable bonds is 2. The Balaban J connectivity index is 2.43. The maximum atomic E-state index is 12.2. The molecule has 1 aromatic rings. The van der Waals surface area contributed by atoms with Crippen LogP contribution in [0.2, 0.25) is 0 Å². The third-order valence-electron chi connectivity index (χ3n) is 5.06. The van der Waals surface area contributed by atoms with Gasteiger partial charge in [0.15, 0.2) is 0 Å². The summed E-state index contributed by atoms with van der Waals surface area (Å²) in [7, 11) is 0. The normalized spacial score (nSPS) is 24.9. The number of aryl methyl sites for hydroxylation is 2. The van der Waals surface area contributed by atoms with Crippen molar-refractivity contribution in [2.24, 2.45) is 17.3 Å². The fourth-order valence-electron chi connectivity index (χ4n) is 3.40. The molecule has 0 fully saturated rings. The number of nitrogens with one attached hydrogen (secondary N) is 1. The van der Waals surface area contributed by atoms with Crippen molar-refractivity contribution in [3.63, 3.8) is 0 Å². The minimum absolute atomic E-state index is 0.0755. The number of aromatic amines is 1. The molecule has 1 N–H and O–H groups in total. The van der Waals surface area contributed by atoms with Crippen molar-refractivity contribution >= 4 is 0 Å². The third-order valence-corrected chi connectivity index (χ3v) is 5.06. The zero-order valence-electron chi connectivity index (χ0n) is 12.8. The molecule has 19 heavy (non-hydrogen) atoms. The highest BCUT2D eigenvalue weighted by Gasteiger charge is 2.36. The molecule has 0 aliphatic heterocycles. The van der Waals surface area contributed by atoms with E-state index >= 15 is 0 Å². The monoisotopic (exact) mass is 262 g/mol. The van der Waals surface area contributed by atoms with Gasteiger partial charge in [-0.05, 0) is 49.9 Å². The zero-order chi connectivity index (χ0) is 14.2. The van der Waals surface area contributed by atoms with Gasteiger partial charge in [0.05, 0.1) is 5.69 Å². The molecule has 0 amide bonds. The molecule has 3 nitrogen and oxygen atoms in total. The van der Waals surface area contributed by atoms with Crippen LogP contribution in [0.15, 0.2) is 4.79 Å². The van der Waals surface area contributed by atoms with Gasteiger partial charge in [0, 0.05) is 5.56 Å². The van der Waals surface area contributed by atoms with E-state index in [1.807, 2.05) is 6.92 Å². The third kappa shape index (κ3) is 2.75. The van der Waals surface area contributed by atoms with E-state index in [2.05, 4.69) is 37.7 Å². The fraction of sp³-hybridized carbons (Fsp3) is 0.750. The van der Waals surface area contributed by atoms with Crippen molar-refractivity contribution in [3.8, 4) is 0 Å². The SMILES string of the molecule is Cc1nc2c(c(=O)[nH]1)CC(C)(C(C)C(C)C)CCC2. The van der Waals surface area contributed by atoms with E-state index in [1.54, 1.807) is 0 Å². The Kier molecular flexibility index (Phi) is 3.84. The Bertz CT molecular complexity index is 518. The van der Waals surface area contributed by atoms with Crippen LogP contribution in [0.1, 0.15) is 57.6 Å². The number of fused-ring (bicyclic) bond motifs is 1. The molecule has 0 radical (unpaired) electrons. The van der Waals surface area contributed by atoms with Crippen molar-refractivity contribution in [2.45, 2.75) is 60.3 Å². The minimum Gasteiger partial charge on any atom is -0.311 e. The predicted molar refractivity (Wildman–Crippen MR) is 78.3 cm³/mol. The van der Waals surface area contributed by atoms with Crippen molar-refractivity contribution in [1.29, 1.82) is 0 Å². The van der Waals surface area contributed by atoms with Crippen LogP contribution in [-0.2, 0) is 12.8 Å². The lowest BCUT2D eigenvalue weighted by Gasteiger charge is -2.37. The number of hydrogen-bond acceptors (Lipinski definition) is 2. The summed E-state index contributed by atoms with van der Waals surface area (Å²) < 4.78 is 0. The Hall–Kier alpha value is -1.12. The molecule has 0 saturated carbocycles. The highest BCUT2D eigenvalue weighted by Crippen LogP contribution is 2.42. The summed E-state index contributed by atoms with van der Waals surface area (Å²) in [5.74, 6) is 1.99. The largest absolute Gasteiger partial charge is 0.311 e. The molecule has 2 rings (SSSR count). The quantitative estimate of drug-likeness (QED) is 0.832. The number of aromatic nitrogens is 2. The van der Waals surface area contributed by atoms with Gasteiger partial charge in [0.1, 0.15) is 5.82 Å². The minimum atomic E-state index is 0.0755. The van der Waals surface area contributed by atoms with Crippen LogP contribution in [0.25, 0.3) is 0 Å². The first-order valence-electron chi connectivity index (χ1n) is 7.42. The molecule has 1 aliphatic rings. The van der Waals surface area contributed by atoms with E-state index in [-0.39, 0.29) is 11.0 Å². The Morgan fingerprint density at radius 1 is 1.32 bits per heavy atom. The number of H-pyrrole nitrogens is 1. The van der Waals surface area contributed by atoms with E-state index in [4.69, 9.17) is 0 Å². The average Bonchev–Trinajstić information content (AvgIpc) is 2.48. The lowest BCUT2D eigenvalue weighted by atomic mass is 9.67. The predicted octanol–water partition coefficient (Wildman–Crippen LogP) is 3.26. The first kappa shape index (κ1) is 14.3. The Morgan fingerprint density at radius 3 is 2.63 bits per heavy atom. The van der Waals surface area contributed by atoms with Gasteiger partial charge in [-0.2, -0.15) is 0 Å². The summed E-state index contributed by atoms with van der Waals surface area (Å²) >= 11 is 0. The lowest BCUT2D eigenvalue weighted by molar-refractivity contribution is 0.137. The maximum Gasteiger partial charge on any atom is 0.254 e. The molecule has 0 spiro atoms. The van der Waals surface area contributed by atoms with Gasteiger partial charge in [-0.3, -0.25) is 4.79 Å². The molecule has 106 valence electrons. The summed E-state index contributed by atoms with van der Waals surface area (Å²) in [6.07, 6.45) is 4.13. The second-order valence-corrected chi connectivity index (χ2v) is 6.79. The molecular formula is C16H26N2O. The second-order valence-electron chi connectivity index (χ2n) is 6.79. The smallest absolute Gasteiger partial charge is 0.254 e. The van der Waals surface area contributed by atoms with Gasteiger partial charge in [-0.25, -0.2) is 4.98 Å². The van der Waals surface area contributed by atoms with Gasteiger partial charge in [-0.15, -0.1) is 0 Å². The van der Waals surface area contributed by atoms with Crippen molar-refractivity contribution in [1.82, 2.24) is 9.97 Å². The molecule has 3 heteroatoms. The maximum absolute atomic E-state index is 12.2. The molecule has 2 unspecified atom stereocenters. The van der Waals surface area contributed by atoms with Crippen LogP contribution in [0.4, 0.5) is 0 Å². The van der Waals surface area contributed by atoms with Crippen molar-refractivity contribution < 1.29 is 0 Å². The zero-order valence-corrected chi connectivity index (χ0v) is 12.8. The Labute approximate surface area is 115 Å². The van der Waals surface area contributed by atoms with Crippen LogP contribution < -0.4 is 5.56 Å². The first-order valence-corrected chi connectivity index (χ1v) is 7.42. The molecule has 0 aromatic carbocycles. The molecule has 1 aromatic heterocycles. The summed E-state index contributed by atoms with van der Waals surface area (Å²) in [6.45, 7) is 11.1. The van der Waals surface area contributed by atoms with Crippen molar-refractivity contribution in [3.05, 3.63) is 27.4 Å². The van der Waals surface area contributed by atoms with Gasteiger partial charge in [-0.1, -0.05) is 27.7 Å². The van der Waals surface area contributed by atoms with Crippen LogP contribution in [0, 0.1) is 24.2 Å². The van der Waals surface area contributed by atoms with E-state index in [9.17, 15) is 4.79 Å². The van der Waals surface area contributed by atoms with Gasteiger partial charge in [0.25, 0.3) is 5.56 Å². The van der Waals surface area contributed by atoms with Gasteiger partial charge < -0.3 is 4.98 Å². The summed E-state index contributed by atoms with van der Waals surface area (Å²) in [5, 5.41) is 0. The van der Waals surface area contributed by atoms with E-state index in [0.717, 1.165) is 36.3 Å². The summed E-state index contributed by atoms with van der Waals surface area (Å²) in [4.78, 5) is 19.6. The van der Waals surface area contributed by atoms with Crippen LogP contribution in [-0.4, -0.2) is 9.97 Å². The molecule has 1 heterocycles. The van der Waals surface area contributed by atoms with Crippen molar-refractivity contribution in [2.75, 3.05) is 0 Å². The standard InChI is InChI=1S/C16H26N2O/c1-10(2)11(3)16(5)8-6-7-14-13(9-16)15(19)18-12(4)17-14/h10-11H,6-9H2,1-5H3,(H,17,18,19). The second kappa shape index (κ2) is 5.10. The van der Waals surface area contributed by atoms with Crippen LogP contribution in [0.5, 0.6) is 0 Å².